The van der Waals surface area contributed by atoms with Gasteiger partial charge in [0.2, 0.25) is 5.91 Å². The highest BCUT2D eigenvalue weighted by Gasteiger charge is 2.45. The summed E-state index contributed by atoms with van der Waals surface area (Å²) < 4.78 is 10.8. The largest absolute Gasteiger partial charge is 0.394 e. The minimum atomic E-state index is -1.32. The van der Waals surface area contributed by atoms with Crippen molar-refractivity contribution in [2.24, 2.45) is 0 Å². The molecule has 21 heavy (non-hydrogen) atoms. The van der Waals surface area contributed by atoms with E-state index in [0.717, 1.165) is 12.8 Å². The third-order valence-corrected chi connectivity index (χ3v) is 3.49. The van der Waals surface area contributed by atoms with E-state index < -0.39 is 37.3 Å². The molecule has 124 valence electrons. The first-order chi connectivity index (χ1) is 10.0. The van der Waals surface area contributed by atoms with Crippen molar-refractivity contribution in [1.29, 1.82) is 0 Å². The Morgan fingerprint density at radius 1 is 1.29 bits per heavy atom. The Morgan fingerprint density at radius 3 is 2.57 bits per heavy atom. The van der Waals surface area contributed by atoms with Crippen molar-refractivity contribution < 1.29 is 29.6 Å². The summed E-state index contributed by atoms with van der Waals surface area (Å²) in [4.78, 5) is 11.7. The van der Waals surface area contributed by atoms with Gasteiger partial charge in [0.1, 0.15) is 24.4 Å². The van der Waals surface area contributed by atoms with Crippen LogP contribution >= 0.6 is 0 Å². The number of unbranched alkanes of at least 4 members (excludes halogenated alkanes) is 1. The van der Waals surface area contributed by atoms with Gasteiger partial charge in [0, 0.05) is 13.0 Å². The van der Waals surface area contributed by atoms with E-state index in [1.54, 1.807) is 0 Å². The molecule has 0 spiro atoms. The maximum absolute atomic E-state index is 11.7. The first-order valence-electron chi connectivity index (χ1n) is 7.58. The van der Waals surface area contributed by atoms with Crippen molar-refractivity contribution in [2.45, 2.75) is 70.2 Å². The molecule has 0 aromatic heterocycles. The summed E-state index contributed by atoms with van der Waals surface area (Å²) in [5.41, 5.74) is 0. The van der Waals surface area contributed by atoms with Gasteiger partial charge in [-0.3, -0.25) is 4.79 Å². The number of rotatable bonds is 8. The van der Waals surface area contributed by atoms with Gasteiger partial charge in [-0.25, -0.2) is 0 Å². The van der Waals surface area contributed by atoms with Gasteiger partial charge >= 0.3 is 0 Å². The number of hydrogen-bond acceptors (Lipinski definition) is 6. The molecule has 4 N–H and O–H groups in total. The van der Waals surface area contributed by atoms with E-state index in [1.807, 2.05) is 13.8 Å². The smallest absolute Gasteiger partial charge is 0.220 e. The first kappa shape index (κ1) is 18.3. The molecule has 0 bridgehead atoms. The second-order valence-electron chi connectivity index (χ2n) is 5.27. The number of nitrogens with one attached hydrogen (secondary N) is 1. The zero-order valence-corrected chi connectivity index (χ0v) is 12.7. The minimum Gasteiger partial charge on any atom is -0.394 e. The fourth-order valence-corrected chi connectivity index (χ4v) is 2.29. The van der Waals surface area contributed by atoms with Crippen molar-refractivity contribution in [3.05, 3.63) is 0 Å². The second kappa shape index (κ2) is 9.32. The molecule has 1 aliphatic rings. The van der Waals surface area contributed by atoms with Gasteiger partial charge in [0.05, 0.1) is 6.61 Å². The molecule has 1 aliphatic heterocycles. The van der Waals surface area contributed by atoms with Crippen LogP contribution in [0.2, 0.25) is 0 Å². The van der Waals surface area contributed by atoms with E-state index in [4.69, 9.17) is 9.47 Å². The van der Waals surface area contributed by atoms with Crippen LogP contribution in [0.1, 0.15) is 39.5 Å². The van der Waals surface area contributed by atoms with E-state index in [-0.39, 0.29) is 5.91 Å². The highest BCUT2D eigenvalue weighted by molar-refractivity contribution is 5.76. The summed E-state index contributed by atoms with van der Waals surface area (Å²) in [7, 11) is 0. The lowest BCUT2D eigenvalue weighted by Crippen LogP contribution is -2.65. The van der Waals surface area contributed by atoms with E-state index >= 15 is 0 Å². The fraction of sp³-hybridized carbons (Fsp3) is 0.929. The summed E-state index contributed by atoms with van der Waals surface area (Å²) in [5.74, 6) is -0.233. The normalized spacial score (nSPS) is 32.9. The van der Waals surface area contributed by atoms with Crippen LogP contribution < -0.4 is 5.32 Å². The molecule has 1 heterocycles. The lowest BCUT2D eigenvalue weighted by Gasteiger charge is -2.42. The molecule has 0 aromatic carbocycles. The Balaban J connectivity index is 2.75. The molecule has 1 unspecified atom stereocenters. The molecule has 0 aliphatic carbocycles. The number of ether oxygens (including phenoxy) is 2. The van der Waals surface area contributed by atoms with Crippen LogP contribution in [-0.2, 0) is 14.3 Å². The standard InChI is InChI=1S/C14H27NO6/c1-3-5-7-20-13-11(15-10(17)6-4-2)14(19)21-9(8-16)12(13)18/h9,11-14,16,18-19H,3-8H2,1-2H3,(H,15,17)/t9-,11-,12-,13-,14?/m1/s1. The molecule has 0 saturated carbocycles. The number of carbonyl (C=O) groups excluding carboxylic acids is 1. The van der Waals surface area contributed by atoms with Crippen LogP contribution in [0.25, 0.3) is 0 Å². The minimum absolute atomic E-state index is 0.233. The molecule has 5 atom stereocenters. The van der Waals surface area contributed by atoms with Crippen LogP contribution in [-0.4, -0.2) is 65.1 Å². The van der Waals surface area contributed by atoms with Crippen molar-refractivity contribution in [3.63, 3.8) is 0 Å². The number of hydrogen-bond donors (Lipinski definition) is 4. The maximum Gasteiger partial charge on any atom is 0.220 e. The van der Waals surface area contributed by atoms with E-state index in [0.29, 0.717) is 19.4 Å². The van der Waals surface area contributed by atoms with Crippen molar-refractivity contribution >= 4 is 5.91 Å². The van der Waals surface area contributed by atoms with Gasteiger partial charge in [0.15, 0.2) is 6.29 Å². The third kappa shape index (κ3) is 5.19. The molecule has 0 radical (unpaired) electrons. The lowest BCUT2D eigenvalue weighted by atomic mass is 9.96. The fourth-order valence-electron chi connectivity index (χ4n) is 2.29. The van der Waals surface area contributed by atoms with Gasteiger partial charge < -0.3 is 30.1 Å². The quantitative estimate of drug-likeness (QED) is 0.451. The van der Waals surface area contributed by atoms with Crippen LogP contribution in [0.15, 0.2) is 0 Å². The van der Waals surface area contributed by atoms with E-state index in [2.05, 4.69) is 5.32 Å². The summed E-state index contributed by atoms with van der Waals surface area (Å²) in [5, 5.41) is 32.0. The Bertz CT molecular complexity index is 314. The molecule has 1 amide bonds. The van der Waals surface area contributed by atoms with E-state index in [1.165, 1.54) is 0 Å². The van der Waals surface area contributed by atoms with Gasteiger partial charge in [-0.1, -0.05) is 20.3 Å². The van der Waals surface area contributed by atoms with Crippen LogP contribution in [0, 0.1) is 0 Å². The molecule has 7 heteroatoms. The summed E-state index contributed by atoms with van der Waals surface area (Å²) in [6.45, 7) is 3.86. The van der Waals surface area contributed by atoms with Crippen molar-refractivity contribution in [1.82, 2.24) is 5.32 Å². The monoisotopic (exact) mass is 305 g/mol. The van der Waals surface area contributed by atoms with Crippen molar-refractivity contribution in [2.75, 3.05) is 13.2 Å². The predicted octanol–water partition coefficient (Wildman–Crippen LogP) is -0.473. The predicted molar refractivity (Wildman–Crippen MR) is 75.5 cm³/mol. The topological polar surface area (TPSA) is 108 Å². The zero-order chi connectivity index (χ0) is 15.8. The SMILES string of the molecule is CCCCO[C@H]1[C@H](O)[C@@H](CO)OC(O)[C@@H]1NC(=O)CCC. The Hall–Kier alpha value is -0.730. The Morgan fingerprint density at radius 2 is 2.00 bits per heavy atom. The third-order valence-electron chi connectivity index (χ3n) is 3.49. The van der Waals surface area contributed by atoms with Gasteiger partial charge in [-0.2, -0.15) is 0 Å². The molecular formula is C14H27NO6. The highest BCUT2D eigenvalue weighted by Crippen LogP contribution is 2.23. The van der Waals surface area contributed by atoms with Crippen LogP contribution in [0.5, 0.6) is 0 Å². The average Bonchev–Trinajstić information content (AvgIpc) is 2.45. The summed E-state index contributed by atoms with van der Waals surface area (Å²) in [6.07, 6.45) is -1.43. The zero-order valence-electron chi connectivity index (χ0n) is 12.7. The number of aliphatic hydroxyl groups excluding tert-OH is 3. The number of aliphatic hydroxyl groups is 3. The van der Waals surface area contributed by atoms with Crippen LogP contribution in [0.3, 0.4) is 0 Å². The lowest BCUT2D eigenvalue weighted by molar-refractivity contribution is -0.262. The maximum atomic E-state index is 11.7. The molecule has 1 saturated heterocycles. The number of carbonyl (C=O) groups is 1. The molecule has 7 nitrogen and oxygen atoms in total. The van der Waals surface area contributed by atoms with Gasteiger partial charge in [0.25, 0.3) is 0 Å². The first-order valence-corrected chi connectivity index (χ1v) is 7.58. The van der Waals surface area contributed by atoms with E-state index in [9.17, 15) is 20.1 Å². The van der Waals surface area contributed by atoms with Gasteiger partial charge in [-0.05, 0) is 12.8 Å². The van der Waals surface area contributed by atoms with Gasteiger partial charge in [-0.15, -0.1) is 0 Å². The van der Waals surface area contributed by atoms with Crippen LogP contribution in [0.4, 0.5) is 0 Å². The van der Waals surface area contributed by atoms with Crippen molar-refractivity contribution in [3.8, 4) is 0 Å². The highest BCUT2D eigenvalue weighted by atomic mass is 16.6. The average molecular weight is 305 g/mol. The Kier molecular flexibility index (Phi) is 8.13. The molecule has 1 rings (SSSR count). The summed E-state index contributed by atoms with van der Waals surface area (Å²) >= 11 is 0. The second-order valence-corrected chi connectivity index (χ2v) is 5.27. The molecule has 0 aromatic rings. The number of amides is 1. The Labute approximate surface area is 125 Å². The molecular weight excluding hydrogens is 278 g/mol. The molecule has 1 fully saturated rings. The summed E-state index contributed by atoms with van der Waals surface area (Å²) in [6, 6.07) is -0.848.